The third-order valence-electron chi connectivity index (χ3n) is 4.16. The Bertz CT molecular complexity index is 911. The zero-order valence-electron chi connectivity index (χ0n) is 14.3. The maximum Gasteiger partial charge on any atom is 0.225 e. The number of benzene rings is 1. The van der Waals surface area contributed by atoms with Gasteiger partial charge < -0.3 is 9.64 Å². The van der Waals surface area contributed by atoms with Gasteiger partial charge in [-0.15, -0.1) is 0 Å². The number of rotatable bonds is 4. The second-order valence-electron chi connectivity index (χ2n) is 6.09. The van der Waals surface area contributed by atoms with Gasteiger partial charge in [-0.2, -0.15) is 4.98 Å². The molecule has 6 nitrogen and oxygen atoms in total. The van der Waals surface area contributed by atoms with Gasteiger partial charge in [-0.25, -0.2) is 15.0 Å². The van der Waals surface area contributed by atoms with Gasteiger partial charge in [0, 0.05) is 18.8 Å². The van der Waals surface area contributed by atoms with Crippen LogP contribution in [0, 0.1) is 0 Å². The fraction of sp³-hybridized carbons (Fsp3) is 0.333. The SMILES string of the molecule is CC1CN(c2nc(Cl)nc3c(SCc4ccccc4)ncnc23)CCO1. The van der Waals surface area contributed by atoms with E-state index in [0.29, 0.717) is 12.1 Å². The molecular formula is C18H18ClN5OS. The largest absolute Gasteiger partial charge is 0.375 e. The maximum absolute atomic E-state index is 6.22. The lowest BCUT2D eigenvalue weighted by molar-refractivity contribution is 0.0530. The van der Waals surface area contributed by atoms with E-state index in [1.54, 1.807) is 18.1 Å². The summed E-state index contributed by atoms with van der Waals surface area (Å²) in [5, 5.41) is 1.02. The Morgan fingerprint density at radius 3 is 2.85 bits per heavy atom. The van der Waals surface area contributed by atoms with Gasteiger partial charge in [0.05, 0.1) is 12.7 Å². The molecule has 1 fully saturated rings. The fourth-order valence-electron chi connectivity index (χ4n) is 2.95. The second kappa shape index (κ2) is 7.73. The van der Waals surface area contributed by atoms with Gasteiger partial charge in [-0.05, 0) is 24.1 Å². The van der Waals surface area contributed by atoms with Crippen LogP contribution in [0.4, 0.5) is 5.82 Å². The average molecular weight is 388 g/mol. The lowest BCUT2D eigenvalue weighted by Gasteiger charge is -2.32. The highest BCUT2D eigenvalue weighted by Gasteiger charge is 2.23. The van der Waals surface area contributed by atoms with Crippen LogP contribution in [-0.4, -0.2) is 45.7 Å². The Kier molecular flexibility index (Phi) is 5.19. The third-order valence-corrected chi connectivity index (χ3v) is 5.38. The minimum absolute atomic E-state index is 0.140. The molecule has 1 saturated heterocycles. The van der Waals surface area contributed by atoms with Crippen molar-refractivity contribution in [2.45, 2.75) is 23.8 Å². The van der Waals surface area contributed by atoms with Crippen LogP contribution in [0.5, 0.6) is 0 Å². The molecule has 0 bridgehead atoms. The molecule has 4 rings (SSSR count). The van der Waals surface area contributed by atoms with E-state index in [1.807, 2.05) is 25.1 Å². The zero-order chi connectivity index (χ0) is 17.9. The number of morpholine rings is 1. The van der Waals surface area contributed by atoms with Crippen LogP contribution in [0.3, 0.4) is 0 Å². The summed E-state index contributed by atoms with van der Waals surface area (Å²) in [5.74, 6) is 1.55. The molecule has 0 spiro atoms. The number of thioether (sulfide) groups is 1. The van der Waals surface area contributed by atoms with E-state index in [1.165, 1.54) is 5.56 Å². The average Bonchev–Trinajstić information content (AvgIpc) is 2.66. The van der Waals surface area contributed by atoms with Crippen molar-refractivity contribution >= 4 is 40.2 Å². The topological polar surface area (TPSA) is 64.0 Å². The summed E-state index contributed by atoms with van der Waals surface area (Å²) in [7, 11) is 0. The first kappa shape index (κ1) is 17.5. The van der Waals surface area contributed by atoms with Gasteiger partial charge in [-0.3, -0.25) is 0 Å². The van der Waals surface area contributed by atoms with E-state index in [4.69, 9.17) is 16.3 Å². The highest BCUT2D eigenvalue weighted by atomic mass is 35.5. The molecule has 1 unspecified atom stereocenters. The van der Waals surface area contributed by atoms with Gasteiger partial charge in [-0.1, -0.05) is 42.1 Å². The van der Waals surface area contributed by atoms with E-state index < -0.39 is 0 Å². The Labute approximate surface area is 161 Å². The predicted octanol–water partition coefficient (Wildman–Crippen LogP) is 3.59. The summed E-state index contributed by atoms with van der Waals surface area (Å²) in [5.41, 5.74) is 2.66. The molecule has 0 amide bonds. The second-order valence-corrected chi connectivity index (χ2v) is 7.40. The fourth-order valence-corrected chi connectivity index (χ4v) is 4.01. The number of nitrogens with zero attached hydrogens (tertiary/aromatic N) is 5. The van der Waals surface area contributed by atoms with Crippen molar-refractivity contribution in [3.05, 3.63) is 47.5 Å². The van der Waals surface area contributed by atoms with Crippen LogP contribution < -0.4 is 4.90 Å². The summed E-state index contributed by atoms with van der Waals surface area (Å²) in [6, 6.07) is 10.3. The first-order chi connectivity index (χ1) is 12.7. The molecule has 26 heavy (non-hydrogen) atoms. The van der Waals surface area contributed by atoms with Crippen LogP contribution in [0.2, 0.25) is 5.28 Å². The highest BCUT2D eigenvalue weighted by molar-refractivity contribution is 7.98. The third kappa shape index (κ3) is 3.75. The molecular weight excluding hydrogens is 370 g/mol. The smallest absolute Gasteiger partial charge is 0.225 e. The van der Waals surface area contributed by atoms with Crippen molar-refractivity contribution in [2.24, 2.45) is 0 Å². The van der Waals surface area contributed by atoms with Crippen molar-refractivity contribution in [2.75, 3.05) is 24.6 Å². The lowest BCUT2D eigenvalue weighted by Crippen LogP contribution is -2.41. The zero-order valence-corrected chi connectivity index (χ0v) is 15.9. The van der Waals surface area contributed by atoms with Gasteiger partial charge in [0.15, 0.2) is 5.82 Å². The van der Waals surface area contributed by atoms with Crippen molar-refractivity contribution < 1.29 is 4.74 Å². The molecule has 3 heterocycles. The van der Waals surface area contributed by atoms with E-state index in [0.717, 1.165) is 35.2 Å². The molecule has 2 aromatic heterocycles. The Morgan fingerprint density at radius 2 is 2.04 bits per heavy atom. The minimum Gasteiger partial charge on any atom is -0.375 e. The molecule has 1 aromatic carbocycles. The van der Waals surface area contributed by atoms with Crippen LogP contribution in [0.25, 0.3) is 11.0 Å². The molecule has 0 radical (unpaired) electrons. The van der Waals surface area contributed by atoms with Crippen molar-refractivity contribution in [3.8, 4) is 0 Å². The summed E-state index contributed by atoms with van der Waals surface area (Å²) in [4.78, 5) is 19.9. The minimum atomic E-state index is 0.140. The molecule has 1 atom stereocenters. The number of fused-ring (bicyclic) bond motifs is 1. The van der Waals surface area contributed by atoms with Crippen LogP contribution in [-0.2, 0) is 10.5 Å². The maximum atomic E-state index is 6.22. The van der Waals surface area contributed by atoms with Gasteiger partial charge in [0.2, 0.25) is 5.28 Å². The molecule has 8 heteroatoms. The highest BCUT2D eigenvalue weighted by Crippen LogP contribution is 2.31. The lowest BCUT2D eigenvalue weighted by atomic mass is 10.2. The van der Waals surface area contributed by atoms with E-state index >= 15 is 0 Å². The monoisotopic (exact) mass is 387 g/mol. The Morgan fingerprint density at radius 1 is 1.19 bits per heavy atom. The number of hydrogen-bond donors (Lipinski definition) is 0. The first-order valence-electron chi connectivity index (χ1n) is 8.42. The normalized spacial score (nSPS) is 17.6. The van der Waals surface area contributed by atoms with Crippen LogP contribution in [0.1, 0.15) is 12.5 Å². The first-order valence-corrected chi connectivity index (χ1v) is 9.78. The van der Waals surface area contributed by atoms with Crippen LogP contribution >= 0.6 is 23.4 Å². The molecule has 3 aromatic rings. The molecule has 1 aliphatic heterocycles. The van der Waals surface area contributed by atoms with Gasteiger partial charge in [0.25, 0.3) is 0 Å². The molecule has 134 valence electrons. The number of hydrogen-bond acceptors (Lipinski definition) is 7. The number of aromatic nitrogens is 4. The molecule has 1 aliphatic rings. The molecule has 0 aliphatic carbocycles. The van der Waals surface area contributed by atoms with Gasteiger partial charge in [0.1, 0.15) is 22.4 Å². The summed E-state index contributed by atoms with van der Waals surface area (Å²) >= 11 is 7.85. The number of anilines is 1. The van der Waals surface area contributed by atoms with Crippen molar-refractivity contribution in [1.29, 1.82) is 0 Å². The summed E-state index contributed by atoms with van der Waals surface area (Å²) in [6.45, 7) is 4.21. The van der Waals surface area contributed by atoms with E-state index in [-0.39, 0.29) is 11.4 Å². The standard InChI is InChI=1S/C18H18ClN5OS/c1-12-9-24(7-8-25-12)16-14-15(22-18(19)23-16)17(21-11-20-14)26-10-13-5-3-2-4-6-13/h2-6,11-12H,7-10H2,1H3. The molecule has 0 N–H and O–H groups in total. The summed E-state index contributed by atoms with van der Waals surface area (Å²) in [6.07, 6.45) is 1.71. The number of ether oxygens (including phenoxy) is 1. The van der Waals surface area contributed by atoms with Crippen LogP contribution in [0.15, 0.2) is 41.7 Å². The van der Waals surface area contributed by atoms with E-state index in [2.05, 4.69) is 37.0 Å². The quantitative estimate of drug-likeness (QED) is 0.385. The summed E-state index contributed by atoms with van der Waals surface area (Å²) < 4.78 is 5.63. The van der Waals surface area contributed by atoms with Crippen molar-refractivity contribution in [3.63, 3.8) is 0 Å². The van der Waals surface area contributed by atoms with E-state index in [9.17, 15) is 0 Å². The Balaban J connectivity index is 1.69. The molecule has 0 saturated carbocycles. The van der Waals surface area contributed by atoms with Crippen molar-refractivity contribution in [1.82, 2.24) is 19.9 Å². The Hall–Kier alpha value is -1.96. The predicted molar refractivity (Wildman–Crippen MR) is 104 cm³/mol. The van der Waals surface area contributed by atoms with Gasteiger partial charge >= 0.3 is 0 Å². The number of halogens is 1.